The monoisotopic (exact) mass is 257 g/mol. The number of carbonyl (C=O) groups is 2. The van der Waals surface area contributed by atoms with Crippen molar-refractivity contribution >= 4 is 23.1 Å². The van der Waals surface area contributed by atoms with Crippen LogP contribution in [0.5, 0.6) is 0 Å². The lowest BCUT2D eigenvalue weighted by Gasteiger charge is -2.14. The van der Waals surface area contributed by atoms with E-state index in [-0.39, 0.29) is 12.2 Å². The van der Waals surface area contributed by atoms with Crippen LogP contribution in [0.2, 0.25) is 0 Å². The van der Waals surface area contributed by atoms with Crippen LogP contribution in [0.25, 0.3) is 0 Å². The molecule has 0 aliphatic heterocycles. The maximum atomic E-state index is 12.0. The Morgan fingerprint density at radius 2 is 2.35 bits per heavy atom. The van der Waals surface area contributed by atoms with Crippen LogP contribution >= 0.6 is 11.3 Å². The lowest BCUT2D eigenvalue weighted by molar-refractivity contribution is -0.137. The van der Waals surface area contributed by atoms with Crippen molar-refractivity contribution in [3.05, 3.63) is 22.4 Å². The van der Waals surface area contributed by atoms with E-state index < -0.39 is 12.0 Å². The number of carboxylic acid groups (broad SMARTS) is 1. The Kier molecular flexibility index (Phi) is 5.82. The Labute approximate surface area is 103 Å². The summed E-state index contributed by atoms with van der Waals surface area (Å²) in [6.45, 7) is 0.888. The van der Waals surface area contributed by atoms with Gasteiger partial charge >= 0.3 is 5.97 Å². The molecule has 1 aromatic heterocycles. The van der Waals surface area contributed by atoms with Crippen LogP contribution in [0.1, 0.15) is 16.1 Å². The molecular weight excluding hydrogens is 242 g/mol. The molecule has 17 heavy (non-hydrogen) atoms. The molecule has 0 saturated carbocycles. The summed E-state index contributed by atoms with van der Waals surface area (Å²) >= 11 is 1.31. The van der Waals surface area contributed by atoms with E-state index in [1.54, 1.807) is 24.6 Å². The summed E-state index contributed by atoms with van der Waals surface area (Å²) < 4.78 is 4.85. The highest BCUT2D eigenvalue weighted by Crippen LogP contribution is 2.12. The molecule has 0 bridgehead atoms. The van der Waals surface area contributed by atoms with Crippen LogP contribution in [0.15, 0.2) is 17.5 Å². The van der Waals surface area contributed by atoms with Gasteiger partial charge in [0.2, 0.25) is 0 Å². The number of rotatable bonds is 8. The first-order valence-corrected chi connectivity index (χ1v) is 6.05. The van der Waals surface area contributed by atoms with Crippen molar-refractivity contribution in [3.63, 3.8) is 0 Å². The zero-order chi connectivity index (χ0) is 12.7. The first-order chi connectivity index (χ1) is 8.15. The average Bonchev–Trinajstić information content (AvgIpc) is 2.80. The zero-order valence-corrected chi connectivity index (χ0v) is 10.3. The molecule has 6 heteroatoms. The number of Topliss-reactive ketones (excluding diaryl/α,β-unsaturated/α-hetero) is 1. The number of ketones is 1. The normalized spacial score (nSPS) is 12.3. The van der Waals surface area contributed by atoms with Crippen molar-refractivity contribution in [1.82, 2.24) is 5.32 Å². The molecule has 1 unspecified atom stereocenters. The van der Waals surface area contributed by atoms with Crippen molar-refractivity contribution in [3.8, 4) is 0 Å². The second-order valence-electron chi connectivity index (χ2n) is 3.44. The molecule has 0 spiro atoms. The molecule has 94 valence electrons. The first kappa shape index (κ1) is 13.8. The summed E-state index contributed by atoms with van der Waals surface area (Å²) in [5.74, 6) is -1.18. The molecule has 0 fully saturated rings. The number of hydrogen-bond acceptors (Lipinski definition) is 5. The van der Waals surface area contributed by atoms with Crippen LogP contribution < -0.4 is 5.32 Å². The van der Waals surface area contributed by atoms with Crippen molar-refractivity contribution in [2.45, 2.75) is 12.5 Å². The van der Waals surface area contributed by atoms with Crippen LogP contribution in [0, 0.1) is 0 Å². The summed E-state index contributed by atoms with van der Waals surface area (Å²) in [4.78, 5) is 23.2. The van der Waals surface area contributed by atoms with Crippen molar-refractivity contribution in [2.24, 2.45) is 0 Å². The smallest absolute Gasteiger partial charge is 0.305 e. The van der Waals surface area contributed by atoms with Gasteiger partial charge in [-0.3, -0.25) is 9.59 Å². The number of ether oxygens (including phenoxy) is 1. The summed E-state index contributed by atoms with van der Waals surface area (Å²) in [6.07, 6.45) is -0.222. The molecule has 5 nitrogen and oxygen atoms in total. The third-order valence-electron chi connectivity index (χ3n) is 2.16. The van der Waals surface area contributed by atoms with Gasteiger partial charge in [-0.1, -0.05) is 6.07 Å². The Morgan fingerprint density at radius 3 is 2.88 bits per heavy atom. The third-order valence-corrected chi connectivity index (χ3v) is 3.04. The first-order valence-electron chi connectivity index (χ1n) is 5.17. The number of hydrogen-bond donors (Lipinski definition) is 2. The van der Waals surface area contributed by atoms with Crippen molar-refractivity contribution < 1.29 is 19.4 Å². The maximum Gasteiger partial charge on any atom is 0.305 e. The van der Waals surface area contributed by atoms with Crippen molar-refractivity contribution in [1.29, 1.82) is 0 Å². The fourth-order valence-electron chi connectivity index (χ4n) is 1.36. The molecule has 1 aromatic rings. The lowest BCUT2D eigenvalue weighted by atomic mass is 10.1. The maximum absolute atomic E-state index is 12.0. The largest absolute Gasteiger partial charge is 0.481 e. The van der Waals surface area contributed by atoms with E-state index in [9.17, 15) is 9.59 Å². The Morgan fingerprint density at radius 1 is 1.59 bits per heavy atom. The van der Waals surface area contributed by atoms with Crippen LogP contribution in [-0.4, -0.2) is 43.2 Å². The highest BCUT2D eigenvalue weighted by Gasteiger charge is 2.22. The lowest BCUT2D eigenvalue weighted by Crippen LogP contribution is -2.40. The van der Waals surface area contributed by atoms with Gasteiger partial charge in [-0.15, -0.1) is 11.3 Å². The van der Waals surface area contributed by atoms with E-state index >= 15 is 0 Å². The van der Waals surface area contributed by atoms with E-state index in [4.69, 9.17) is 9.84 Å². The highest BCUT2D eigenvalue weighted by atomic mass is 32.1. The van der Waals surface area contributed by atoms with Crippen LogP contribution in [-0.2, 0) is 9.53 Å². The quantitative estimate of drug-likeness (QED) is 0.537. The predicted molar refractivity (Wildman–Crippen MR) is 64.6 cm³/mol. The zero-order valence-electron chi connectivity index (χ0n) is 9.51. The molecule has 2 N–H and O–H groups in total. The molecule has 1 heterocycles. The number of thiophene rings is 1. The molecule has 0 aliphatic rings. The van der Waals surface area contributed by atoms with Crippen molar-refractivity contribution in [2.75, 3.05) is 20.3 Å². The van der Waals surface area contributed by atoms with Crippen LogP contribution in [0.3, 0.4) is 0 Å². The van der Waals surface area contributed by atoms with Gasteiger partial charge in [0.25, 0.3) is 0 Å². The van der Waals surface area contributed by atoms with Gasteiger partial charge in [0.15, 0.2) is 5.78 Å². The molecule has 0 saturated heterocycles. The topological polar surface area (TPSA) is 75.6 Å². The minimum absolute atomic E-state index is 0.182. The van der Waals surface area contributed by atoms with Crippen LogP contribution in [0.4, 0.5) is 0 Å². The summed E-state index contributed by atoms with van der Waals surface area (Å²) in [5, 5.41) is 13.4. The van der Waals surface area contributed by atoms with E-state index in [0.29, 0.717) is 18.0 Å². The Balaban J connectivity index is 2.61. The number of nitrogens with one attached hydrogen (secondary N) is 1. The average molecular weight is 257 g/mol. The van der Waals surface area contributed by atoms with E-state index in [1.807, 2.05) is 0 Å². The predicted octanol–water partition coefficient (Wildman–Crippen LogP) is 1.01. The van der Waals surface area contributed by atoms with E-state index in [1.165, 1.54) is 11.3 Å². The minimum atomic E-state index is -0.996. The van der Waals surface area contributed by atoms with Gasteiger partial charge in [0, 0.05) is 13.7 Å². The number of aliphatic carboxylic acids is 1. The number of carboxylic acids is 1. The molecule has 1 rings (SSSR count). The number of carbonyl (C=O) groups excluding carboxylic acids is 1. The summed E-state index contributed by atoms with van der Waals surface area (Å²) in [5.41, 5.74) is 0. The minimum Gasteiger partial charge on any atom is -0.481 e. The number of methoxy groups -OCH3 is 1. The van der Waals surface area contributed by atoms with Gasteiger partial charge < -0.3 is 15.2 Å². The fourth-order valence-corrected chi connectivity index (χ4v) is 2.08. The van der Waals surface area contributed by atoms with Gasteiger partial charge in [0.05, 0.1) is 23.9 Å². The molecule has 0 amide bonds. The molecule has 0 aliphatic carbocycles. The highest BCUT2D eigenvalue weighted by molar-refractivity contribution is 7.12. The second-order valence-corrected chi connectivity index (χ2v) is 4.39. The summed E-state index contributed by atoms with van der Waals surface area (Å²) in [6, 6.07) is 2.77. The van der Waals surface area contributed by atoms with Gasteiger partial charge in [0.1, 0.15) is 0 Å². The summed E-state index contributed by atoms with van der Waals surface area (Å²) in [7, 11) is 1.55. The standard InChI is InChI=1S/C11H15NO4S/c1-16-5-4-12-8(7-10(13)14)11(15)9-3-2-6-17-9/h2-3,6,8,12H,4-5,7H2,1H3,(H,13,14). The molecule has 0 aromatic carbocycles. The molecule has 0 radical (unpaired) electrons. The fraction of sp³-hybridized carbons (Fsp3) is 0.455. The Hall–Kier alpha value is -1.24. The Bertz CT molecular complexity index is 364. The van der Waals surface area contributed by atoms with E-state index in [0.717, 1.165) is 0 Å². The van der Waals surface area contributed by atoms with Gasteiger partial charge in [-0.25, -0.2) is 0 Å². The van der Waals surface area contributed by atoms with Gasteiger partial charge in [-0.05, 0) is 11.4 Å². The molecular formula is C11H15NO4S. The molecule has 1 atom stereocenters. The SMILES string of the molecule is COCCNC(CC(=O)O)C(=O)c1cccs1. The van der Waals surface area contributed by atoms with Gasteiger partial charge in [-0.2, -0.15) is 0 Å². The third kappa shape index (κ3) is 4.64. The second kappa shape index (κ2) is 7.16. The van der Waals surface area contributed by atoms with E-state index in [2.05, 4.69) is 5.32 Å².